The third-order valence-electron chi connectivity index (χ3n) is 0.460. The zero-order valence-electron chi connectivity index (χ0n) is 3.79. The molecule has 2 N–H and O–H groups in total. The van der Waals surface area contributed by atoms with Gasteiger partial charge in [-0.15, -0.1) is 0 Å². The molecular formula is C3H5BN2S. The van der Waals surface area contributed by atoms with Crippen LogP contribution in [0.15, 0.2) is 4.99 Å². The van der Waals surface area contributed by atoms with Gasteiger partial charge in [-0.2, -0.15) is 0 Å². The minimum atomic E-state index is -0.363. The van der Waals surface area contributed by atoms with Gasteiger partial charge in [0.1, 0.15) is 7.85 Å². The molecule has 2 nitrogen and oxygen atoms in total. The summed E-state index contributed by atoms with van der Waals surface area (Å²) in [5, 5.41) is 2.12. The highest BCUT2D eigenvalue weighted by Crippen LogP contribution is 1.73. The minimum absolute atomic E-state index is 0.323. The Morgan fingerprint density at radius 2 is 2.57 bits per heavy atom. The zero-order chi connectivity index (χ0) is 5.70. The largest absolute Gasteiger partial charge is 0.329 e. The van der Waals surface area contributed by atoms with Crippen LogP contribution in [-0.4, -0.2) is 25.5 Å². The number of nitrogens with zero attached hydrogens (tertiary/aromatic N) is 1. The summed E-state index contributed by atoms with van der Waals surface area (Å²) in [4.78, 5) is 3.46. The smallest absolute Gasteiger partial charge is 0.105 e. The molecule has 0 aromatic carbocycles. The highest BCUT2D eigenvalue weighted by atomic mass is 32.1. The molecule has 36 valence electrons. The Balaban J connectivity index is 3.35. The van der Waals surface area contributed by atoms with E-state index in [0.29, 0.717) is 6.54 Å². The van der Waals surface area contributed by atoms with Crippen molar-refractivity contribution in [3.8, 4) is 0 Å². The highest BCUT2D eigenvalue weighted by Gasteiger charge is 1.87. The normalized spacial score (nSPS) is 12.1. The van der Waals surface area contributed by atoms with Crippen molar-refractivity contribution in [2.75, 3.05) is 6.54 Å². The average molecular weight is 112 g/mol. The van der Waals surface area contributed by atoms with Gasteiger partial charge in [0, 0.05) is 12.5 Å². The van der Waals surface area contributed by atoms with Crippen LogP contribution in [-0.2, 0) is 0 Å². The maximum atomic E-state index is 5.16. The van der Waals surface area contributed by atoms with Crippen molar-refractivity contribution in [3.63, 3.8) is 0 Å². The number of isothiocyanates is 1. The van der Waals surface area contributed by atoms with Crippen LogP contribution in [0.5, 0.6) is 0 Å². The first-order valence-corrected chi connectivity index (χ1v) is 2.24. The summed E-state index contributed by atoms with van der Waals surface area (Å²) in [7, 11) is 5.16. The Morgan fingerprint density at radius 1 is 2.00 bits per heavy atom. The molecule has 0 saturated heterocycles. The minimum Gasteiger partial charge on any atom is -0.329 e. The molecule has 0 aromatic rings. The van der Waals surface area contributed by atoms with Gasteiger partial charge in [-0.05, 0) is 12.2 Å². The maximum Gasteiger partial charge on any atom is 0.105 e. The summed E-state index contributed by atoms with van der Waals surface area (Å²) in [6, 6.07) is 0. The number of aliphatic imine (C=N–C) groups is 1. The van der Waals surface area contributed by atoms with E-state index in [4.69, 9.17) is 13.6 Å². The molecule has 0 amide bonds. The number of nitrogens with two attached hydrogens (primary N) is 1. The summed E-state index contributed by atoms with van der Waals surface area (Å²) < 4.78 is 0. The molecule has 0 aliphatic carbocycles. The predicted molar refractivity (Wildman–Crippen MR) is 33.6 cm³/mol. The summed E-state index contributed by atoms with van der Waals surface area (Å²) in [6.45, 7) is 0.323. The molecule has 0 aliphatic heterocycles. The van der Waals surface area contributed by atoms with E-state index in [-0.39, 0.29) is 5.94 Å². The van der Waals surface area contributed by atoms with Crippen LogP contribution in [0, 0.1) is 0 Å². The number of thiocarbonyl (C=S) groups is 1. The van der Waals surface area contributed by atoms with Gasteiger partial charge in [0.05, 0.1) is 5.16 Å². The molecule has 2 radical (unpaired) electrons. The lowest BCUT2D eigenvalue weighted by atomic mass is 9.98. The molecule has 0 fully saturated rings. The van der Waals surface area contributed by atoms with Gasteiger partial charge >= 0.3 is 0 Å². The topological polar surface area (TPSA) is 38.4 Å². The molecule has 0 aliphatic rings. The monoisotopic (exact) mass is 112 g/mol. The van der Waals surface area contributed by atoms with E-state index >= 15 is 0 Å². The van der Waals surface area contributed by atoms with Crippen LogP contribution in [0.1, 0.15) is 0 Å². The van der Waals surface area contributed by atoms with Crippen molar-refractivity contribution in [1.29, 1.82) is 0 Å². The van der Waals surface area contributed by atoms with Gasteiger partial charge in [0.25, 0.3) is 0 Å². The predicted octanol–water partition coefficient (Wildman–Crippen LogP) is -0.458. The summed E-state index contributed by atoms with van der Waals surface area (Å²) in [5.41, 5.74) is 5.05. The average Bonchev–Trinajstić information content (AvgIpc) is 1.68. The van der Waals surface area contributed by atoms with Crippen molar-refractivity contribution < 1.29 is 0 Å². The Morgan fingerprint density at radius 3 is 2.71 bits per heavy atom. The van der Waals surface area contributed by atoms with Crippen molar-refractivity contribution in [2.24, 2.45) is 10.7 Å². The van der Waals surface area contributed by atoms with Crippen molar-refractivity contribution in [2.45, 2.75) is 5.94 Å². The Hall–Kier alpha value is -0.175. The Kier molecular flexibility index (Phi) is 3.90. The maximum absolute atomic E-state index is 5.16. The van der Waals surface area contributed by atoms with Crippen molar-refractivity contribution in [3.05, 3.63) is 0 Å². The van der Waals surface area contributed by atoms with Gasteiger partial charge < -0.3 is 5.73 Å². The second kappa shape index (κ2) is 4.00. The van der Waals surface area contributed by atoms with E-state index in [1.54, 1.807) is 0 Å². The van der Waals surface area contributed by atoms with Crippen LogP contribution < -0.4 is 5.73 Å². The Labute approximate surface area is 49.2 Å². The molecule has 1 unspecified atom stereocenters. The molecule has 1 atom stereocenters. The van der Waals surface area contributed by atoms with E-state index in [2.05, 4.69) is 22.4 Å². The van der Waals surface area contributed by atoms with Crippen LogP contribution >= 0.6 is 12.2 Å². The van der Waals surface area contributed by atoms with E-state index in [9.17, 15) is 0 Å². The quantitative estimate of drug-likeness (QED) is 0.298. The third kappa shape index (κ3) is 3.66. The molecule has 0 spiro atoms. The fourth-order valence-electron chi connectivity index (χ4n) is 0.120. The van der Waals surface area contributed by atoms with Crippen LogP contribution in [0.3, 0.4) is 0 Å². The van der Waals surface area contributed by atoms with Gasteiger partial charge in [-0.1, -0.05) is 0 Å². The number of hydrogen-bond donors (Lipinski definition) is 1. The molecule has 7 heavy (non-hydrogen) atoms. The summed E-state index contributed by atoms with van der Waals surface area (Å²) in [5.74, 6) is -0.363. The van der Waals surface area contributed by atoms with Crippen LogP contribution in [0.25, 0.3) is 0 Å². The van der Waals surface area contributed by atoms with Crippen LogP contribution in [0.2, 0.25) is 0 Å². The lowest BCUT2D eigenvalue weighted by Crippen LogP contribution is -2.17. The van der Waals surface area contributed by atoms with Gasteiger partial charge in [-0.3, -0.25) is 0 Å². The van der Waals surface area contributed by atoms with Crippen molar-refractivity contribution in [1.82, 2.24) is 0 Å². The molecule has 0 bridgehead atoms. The second-order valence-electron chi connectivity index (χ2n) is 1.02. The first kappa shape index (κ1) is 6.82. The first-order valence-electron chi connectivity index (χ1n) is 1.84. The molecular weight excluding hydrogens is 107 g/mol. The van der Waals surface area contributed by atoms with Crippen LogP contribution in [0.4, 0.5) is 0 Å². The first-order chi connectivity index (χ1) is 3.31. The molecule has 4 heteroatoms. The molecule has 0 rings (SSSR count). The van der Waals surface area contributed by atoms with E-state index in [1.165, 1.54) is 0 Å². The lowest BCUT2D eigenvalue weighted by molar-refractivity contribution is 0.908. The van der Waals surface area contributed by atoms with Gasteiger partial charge in [0.15, 0.2) is 0 Å². The fraction of sp³-hybridized carbons (Fsp3) is 0.667. The summed E-state index contributed by atoms with van der Waals surface area (Å²) in [6.07, 6.45) is 0. The van der Waals surface area contributed by atoms with Gasteiger partial charge in [0.2, 0.25) is 0 Å². The highest BCUT2D eigenvalue weighted by molar-refractivity contribution is 7.78. The Bertz CT molecular complexity index is 88.9. The number of hydrogen-bond acceptors (Lipinski definition) is 3. The van der Waals surface area contributed by atoms with E-state index < -0.39 is 0 Å². The number of rotatable bonds is 2. The van der Waals surface area contributed by atoms with Gasteiger partial charge in [-0.25, -0.2) is 4.99 Å². The molecule has 0 saturated carbocycles. The van der Waals surface area contributed by atoms with Crippen molar-refractivity contribution >= 4 is 25.2 Å². The van der Waals surface area contributed by atoms with E-state index in [0.717, 1.165) is 0 Å². The second-order valence-corrected chi connectivity index (χ2v) is 1.21. The van der Waals surface area contributed by atoms with E-state index in [1.807, 2.05) is 0 Å². The standard InChI is InChI=1S/C3H5BN2S/c4-3(1-5)6-2-7/h3H,1,5H2. The zero-order valence-corrected chi connectivity index (χ0v) is 4.61. The lowest BCUT2D eigenvalue weighted by Gasteiger charge is -1.93. The third-order valence-corrected chi connectivity index (χ3v) is 0.565. The fourth-order valence-corrected chi connectivity index (χ4v) is 0.256. The molecule has 0 aromatic heterocycles. The summed E-state index contributed by atoms with van der Waals surface area (Å²) >= 11 is 4.24. The SMILES string of the molecule is [B]C(CN)N=C=S. The molecule has 0 heterocycles.